The second kappa shape index (κ2) is 4.97. The van der Waals surface area contributed by atoms with Gasteiger partial charge >= 0.3 is 0 Å². The molecule has 0 unspecified atom stereocenters. The van der Waals surface area contributed by atoms with Crippen molar-refractivity contribution in [1.82, 2.24) is 4.90 Å². The first-order valence-electron chi connectivity index (χ1n) is 5.34. The van der Waals surface area contributed by atoms with E-state index in [9.17, 15) is 0 Å². The summed E-state index contributed by atoms with van der Waals surface area (Å²) in [5.41, 5.74) is 0. The highest BCUT2D eigenvalue weighted by Crippen LogP contribution is 2.36. The molecule has 1 rings (SSSR count). The Balaban J connectivity index is 2.11. The van der Waals surface area contributed by atoms with Crippen LogP contribution in [0.1, 0.15) is 26.7 Å². The van der Waals surface area contributed by atoms with Crippen LogP contribution in [0.4, 0.5) is 0 Å². The van der Waals surface area contributed by atoms with Gasteiger partial charge in [-0.25, -0.2) is 0 Å². The molecule has 13 heavy (non-hydrogen) atoms. The van der Waals surface area contributed by atoms with Crippen molar-refractivity contribution in [2.45, 2.75) is 32.7 Å². The molecule has 0 saturated heterocycles. The van der Waals surface area contributed by atoms with Gasteiger partial charge in [0.2, 0.25) is 0 Å². The minimum atomic E-state index is 0.822. The zero-order chi connectivity index (χ0) is 9.84. The molecule has 2 nitrogen and oxygen atoms in total. The van der Waals surface area contributed by atoms with E-state index < -0.39 is 0 Å². The van der Waals surface area contributed by atoms with Gasteiger partial charge in [0.15, 0.2) is 0 Å². The number of nitrogens with zero attached hydrogens (tertiary/aromatic N) is 1. The summed E-state index contributed by atoms with van der Waals surface area (Å²) in [5.74, 6) is 1.84. The standard InChI is InChI=1S/C11H23NO/c1-9(2)10-7-11(8-10)12(3)5-6-13-4/h9-11H,5-8H2,1-4H3. The Kier molecular flexibility index (Phi) is 4.20. The zero-order valence-electron chi connectivity index (χ0n) is 9.42. The molecule has 0 aromatic rings. The lowest BCUT2D eigenvalue weighted by molar-refractivity contribution is 0.0544. The molecule has 2 heteroatoms. The van der Waals surface area contributed by atoms with Crippen LogP contribution >= 0.6 is 0 Å². The average molecular weight is 185 g/mol. The number of likely N-dealkylation sites (N-methyl/N-ethyl adjacent to an activating group) is 1. The van der Waals surface area contributed by atoms with Crippen molar-refractivity contribution < 1.29 is 4.74 Å². The van der Waals surface area contributed by atoms with Gasteiger partial charge in [0.05, 0.1) is 6.61 Å². The van der Waals surface area contributed by atoms with Crippen LogP contribution in [0.25, 0.3) is 0 Å². The molecule has 1 fully saturated rings. The predicted molar refractivity (Wildman–Crippen MR) is 55.9 cm³/mol. The summed E-state index contributed by atoms with van der Waals surface area (Å²) in [5, 5.41) is 0. The molecular weight excluding hydrogens is 162 g/mol. The van der Waals surface area contributed by atoms with Gasteiger partial charge < -0.3 is 9.64 Å². The minimum Gasteiger partial charge on any atom is -0.383 e. The summed E-state index contributed by atoms with van der Waals surface area (Å²) in [7, 11) is 3.98. The molecule has 1 aliphatic rings. The summed E-state index contributed by atoms with van der Waals surface area (Å²) < 4.78 is 5.06. The summed E-state index contributed by atoms with van der Waals surface area (Å²) >= 11 is 0. The van der Waals surface area contributed by atoms with E-state index in [2.05, 4.69) is 25.8 Å². The van der Waals surface area contributed by atoms with Crippen LogP contribution in [-0.4, -0.2) is 38.3 Å². The molecule has 0 aromatic carbocycles. The molecule has 0 radical (unpaired) electrons. The third-order valence-corrected chi connectivity index (χ3v) is 3.36. The smallest absolute Gasteiger partial charge is 0.0589 e. The van der Waals surface area contributed by atoms with E-state index in [1.54, 1.807) is 7.11 Å². The van der Waals surface area contributed by atoms with Crippen LogP contribution in [0.5, 0.6) is 0 Å². The first-order valence-corrected chi connectivity index (χ1v) is 5.34. The lowest BCUT2D eigenvalue weighted by Crippen LogP contribution is -2.45. The van der Waals surface area contributed by atoms with Crippen molar-refractivity contribution in [3.05, 3.63) is 0 Å². The molecule has 0 amide bonds. The van der Waals surface area contributed by atoms with Gasteiger partial charge in [0, 0.05) is 19.7 Å². The van der Waals surface area contributed by atoms with Gasteiger partial charge in [-0.15, -0.1) is 0 Å². The summed E-state index contributed by atoms with van der Waals surface area (Å²) in [6, 6.07) is 0.822. The average Bonchev–Trinajstić information content (AvgIpc) is 1.97. The molecule has 0 spiro atoms. The maximum Gasteiger partial charge on any atom is 0.0589 e. The number of rotatable bonds is 5. The Morgan fingerprint density at radius 2 is 2.00 bits per heavy atom. The molecule has 0 bridgehead atoms. The van der Waals surface area contributed by atoms with Gasteiger partial charge in [-0.2, -0.15) is 0 Å². The Morgan fingerprint density at radius 3 is 2.46 bits per heavy atom. The van der Waals surface area contributed by atoms with Gasteiger partial charge in [0.1, 0.15) is 0 Å². The van der Waals surface area contributed by atoms with Crippen LogP contribution in [0.2, 0.25) is 0 Å². The third kappa shape index (κ3) is 2.96. The van der Waals surface area contributed by atoms with E-state index in [1.165, 1.54) is 12.8 Å². The number of hydrogen-bond acceptors (Lipinski definition) is 2. The molecule has 1 aliphatic carbocycles. The molecule has 0 aliphatic heterocycles. The highest BCUT2D eigenvalue weighted by atomic mass is 16.5. The van der Waals surface area contributed by atoms with Gasteiger partial charge in [0.25, 0.3) is 0 Å². The fourth-order valence-corrected chi connectivity index (χ4v) is 1.95. The minimum absolute atomic E-state index is 0.822. The molecule has 0 aromatic heterocycles. The lowest BCUT2D eigenvalue weighted by Gasteiger charge is -2.43. The van der Waals surface area contributed by atoms with Gasteiger partial charge in [-0.1, -0.05) is 13.8 Å². The first-order chi connectivity index (χ1) is 6.15. The number of hydrogen-bond donors (Lipinski definition) is 0. The fourth-order valence-electron chi connectivity index (χ4n) is 1.95. The van der Waals surface area contributed by atoms with E-state index in [1.807, 2.05) is 0 Å². The monoisotopic (exact) mass is 185 g/mol. The maximum atomic E-state index is 5.06. The fraction of sp³-hybridized carbons (Fsp3) is 1.00. The predicted octanol–water partition coefficient (Wildman–Crippen LogP) is 2.00. The number of methoxy groups -OCH3 is 1. The van der Waals surface area contributed by atoms with Crippen LogP contribution in [0.15, 0.2) is 0 Å². The van der Waals surface area contributed by atoms with E-state index in [4.69, 9.17) is 4.74 Å². The van der Waals surface area contributed by atoms with Crippen molar-refractivity contribution in [3.8, 4) is 0 Å². The third-order valence-electron chi connectivity index (χ3n) is 3.36. The van der Waals surface area contributed by atoms with E-state index in [0.717, 1.165) is 31.0 Å². The first kappa shape index (κ1) is 11.0. The summed E-state index contributed by atoms with van der Waals surface area (Å²) in [6.45, 7) is 6.59. The normalized spacial score (nSPS) is 28.2. The Morgan fingerprint density at radius 1 is 1.38 bits per heavy atom. The second-order valence-electron chi connectivity index (χ2n) is 4.60. The molecule has 0 atom stereocenters. The molecule has 78 valence electrons. The van der Waals surface area contributed by atoms with E-state index in [0.29, 0.717) is 0 Å². The maximum absolute atomic E-state index is 5.06. The van der Waals surface area contributed by atoms with Crippen LogP contribution in [0.3, 0.4) is 0 Å². The second-order valence-corrected chi connectivity index (χ2v) is 4.60. The zero-order valence-corrected chi connectivity index (χ0v) is 9.42. The topological polar surface area (TPSA) is 12.5 Å². The molecule has 1 saturated carbocycles. The van der Waals surface area contributed by atoms with E-state index >= 15 is 0 Å². The van der Waals surface area contributed by atoms with Crippen molar-refractivity contribution >= 4 is 0 Å². The van der Waals surface area contributed by atoms with Gasteiger partial charge in [-0.3, -0.25) is 0 Å². The van der Waals surface area contributed by atoms with Crippen molar-refractivity contribution in [3.63, 3.8) is 0 Å². The van der Waals surface area contributed by atoms with Crippen LogP contribution in [-0.2, 0) is 4.74 Å². The Hall–Kier alpha value is -0.0800. The number of ether oxygens (including phenoxy) is 1. The highest BCUT2D eigenvalue weighted by molar-refractivity contribution is 4.87. The quantitative estimate of drug-likeness (QED) is 0.649. The lowest BCUT2D eigenvalue weighted by atomic mass is 9.73. The molecule has 0 N–H and O–H groups in total. The van der Waals surface area contributed by atoms with Crippen LogP contribution in [0, 0.1) is 11.8 Å². The largest absolute Gasteiger partial charge is 0.383 e. The Labute approximate surface area is 82.3 Å². The summed E-state index contributed by atoms with van der Waals surface area (Å²) in [4.78, 5) is 2.43. The van der Waals surface area contributed by atoms with Crippen molar-refractivity contribution in [2.75, 3.05) is 27.3 Å². The van der Waals surface area contributed by atoms with Crippen molar-refractivity contribution in [1.29, 1.82) is 0 Å². The van der Waals surface area contributed by atoms with Gasteiger partial charge in [-0.05, 0) is 31.7 Å². The molecule has 0 heterocycles. The Bertz CT molecular complexity index is 141. The molecular formula is C11H23NO. The van der Waals surface area contributed by atoms with E-state index in [-0.39, 0.29) is 0 Å². The van der Waals surface area contributed by atoms with Crippen molar-refractivity contribution in [2.24, 2.45) is 11.8 Å². The van der Waals surface area contributed by atoms with Crippen LogP contribution < -0.4 is 0 Å². The summed E-state index contributed by atoms with van der Waals surface area (Å²) in [6.07, 6.45) is 2.77. The SMILES string of the molecule is COCCN(C)C1CC(C(C)C)C1. The highest BCUT2D eigenvalue weighted by Gasteiger charge is 2.33.